The van der Waals surface area contributed by atoms with Crippen molar-refractivity contribution >= 4 is 23.5 Å². The van der Waals surface area contributed by atoms with Crippen LogP contribution in [0.15, 0.2) is 5.10 Å². The lowest BCUT2D eigenvalue weighted by atomic mass is 10.0. The van der Waals surface area contributed by atoms with Crippen LogP contribution in [0.1, 0.15) is 13.3 Å². The van der Waals surface area contributed by atoms with Gasteiger partial charge >= 0.3 is 0 Å². The first-order valence-corrected chi connectivity index (χ1v) is 5.36. The van der Waals surface area contributed by atoms with Crippen molar-refractivity contribution in [2.75, 3.05) is 14.1 Å². The topological polar surface area (TPSA) is 94.1 Å². The van der Waals surface area contributed by atoms with Gasteiger partial charge in [0.25, 0.3) is 0 Å². The van der Waals surface area contributed by atoms with Crippen molar-refractivity contribution < 1.29 is 10.2 Å². The summed E-state index contributed by atoms with van der Waals surface area (Å²) in [5.74, 6) is 0. The molecular weight excluding hydrogens is 228 g/mol. The molecule has 0 radical (unpaired) electrons. The lowest BCUT2D eigenvalue weighted by Crippen LogP contribution is -2.42. The number of hydrogen-bond donors (Lipinski definition) is 4. The lowest BCUT2D eigenvalue weighted by Gasteiger charge is -2.27. The van der Waals surface area contributed by atoms with E-state index in [1.807, 2.05) is 19.0 Å². The van der Waals surface area contributed by atoms with Gasteiger partial charge in [-0.2, -0.15) is 5.10 Å². The van der Waals surface area contributed by atoms with Crippen molar-refractivity contribution in [1.29, 1.82) is 0 Å². The highest BCUT2D eigenvalue weighted by Crippen LogP contribution is 2.07. The van der Waals surface area contributed by atoms with Crippen LogP contribution in [-0.4, -0.2) is 58.8 Å². The second-order valence-corrected chi connectivity index (χ2v) is 4.30. The van der Waals surface area contributed by atoms with Gasteiger partial charge in [0, 0.05) is 6.04 Å². The number of nitrogens with zero attached hydrogens (tertiary/aromatic N) is 2. The molecule has 0 aliphatic carbocycles. The predicted molar refractivity (Wildman–Crippen MR) is 68.2 cm³/mol. The molecule has 0 aromatic rings. The van der Waals surface area contributed by atoms with Gasteiger partial charge in [-0.15, -0.1) is 0 Å². The Morgan fingerprint density at radius 1 is 1.56 bits per heavy atom. The zero-order valence-corrected chi connectivity index (χ0v) is 10.6. The second-order valence-electron chi connectivity index (χ2n) is 3.86. The van der Waals surface area contributed by atoms with E-state index in [9.17, 15) is 10.2 Å². The monoisotopic (exact) mass is 248 g/mol. The molecule has 0 fully saturated rings. The third-order valence-electron chi connectivity index (χ3n) is 2.04. The van der Waals surface area contributed by atoms with E-state index in [-0.39, 0.29) is 11.2 Å². The van der Waals surface area contributed by atoms with Crippen molar-refractivity contribution in [3.63, 3.8) is 0 Å². The Bertz CT molecular complexity index is 246. The standard InChI is InChI=1S/C9H20N4O2S/c1-6(14)4-7(13(2)3)8(15)5-11-12-9(10)16/h5-8,14-15H,4H2,1-3H3,(H3,10,12,16)/b11-5+/t6-,7-,8+/m0/s1. The Labute approximate surface area is 101 Å². The fraction of sp³-hybridized carbons (Fsp3) is 0.778. The number of hydrazone groups is 1. The lowest BCUT2D eigenvalue weighted by molar-refractivity contribution is 0.0779. The molecule has 0 saturated heterocycles. The molecule has 0 spiro atoms. The van der Waals surface area contributed by atoms with Gasteiger partial charge in [-0.25, -0.2) is 0 Å². The van der Waals surface area contributed by atoms with Gasteiger partial charge in [-0.1, -0.05) is 0 Å². The van der Waals surface area contributed by atoms with Crippen molar-refractivity contribution in [1.82, 2.24) is 10.3 Å². The maximum Gasteiger partial charge on any atom is 0.184 e. The first kappa shape index (κ1) is 15.2. The Hall–Kier alpha value is -0.760. The Balaban J connectivity index is 4.32. The van der Waals surface area contributed by atoms with Crippen molar-refractivity contribution in [2.24, 2.45) is 10.8 Å². The summed E-state index contributed by atoms with van der Waals surface area (Å²) in [5.41, 5.74) is 7.53. The van der Waals surface area contributed by atoms with Crippen LogP contribution in [0.4, 0.5) is 0 Å². The summed E-state index contributed by atoms with van der Waals surface area (Å²) in [6.07, 6.45) is 0.477. The zero-order valence-electron chi connectivity index (χ0n) is 9.79. The summed E-state index contributed by atoms with van der Waals surface area (Å²) in [6, 6.07) is -0.211. The number of aliphatic hydroxyl groups excluding tert-OH is 2. The normalized spacial score (nSPS) is 17.4. The van der Waals surface area contributed by atoms with E-state index >= 15 is 0 Å². The van der Waals surface area contributed by atoms with E-state index < -0.39 is 12.2 Å². The Morgan fingerprint density at radius 3 is 2.50 bits per heavy atom. The van der Waals surface area contributed by atoms with Crippen LogP contribution in [0.25, 0.3) is 0 Å². The van der Waals surface area contributed by atoms with E-state index in [2.05, 4.69) is 22.7 Å². The van der Waals surface area contributed by atoms with Gasteiger partial charge in [-0.3, -0.25) is 5.43 Å². The highest BCUT2D eigenvalue weighted by atomic mass is 32.1. The largest absolute Gasteiger partial charge is 0.393 e. The zero-order chi connectivity index (χ0) is 12.7. The van der Waals surface area contributed by atoms with Gasteiger partial charge in [0.2, 0.25) is 0 Å². The molecule has 0 aliphatic rings. The molecular formula is C9H20N4O2S. The molecule has 0 aromatic heterocycles. The minimum Gasteiger partial charge on any atom is -0.393 e. The summed E-state index contributed by atoms with van der Waals surface area (Å²) in [7, 11) is 3.65. The van der Waals surface area contributed by atoms with Gasteiger partial charge in [0.15, 0.2) is 5.11 Å². The number of thiocarbonyl (C=S) groups is 1. The summed E-state index contributed by atoms with van der Waals surface area (Å²) in [5, 5.41) is 22.8. The third kappa shape index (κ3) is 6.67. The maximum absolute atomic E-state index is 9.81. The molecule has 0 unspecified atom stereocenters. The molecule has 0 rings (SSSR count). The number of hydrogen-bond acceptors (Lipinski definition) is 5. The van der Waals surface area contributed by atoms with Crippen LogP contribution in [0.5, 0.6) is 0 Å². The number of nitrogens with one attached hydrogen (secondary N) is 1. The summed E-state index contributed by atoms with van der Waals surface area (Å²) < 4.78 is 0. The predicted octanol–water partition coefficient (Wildman–Crippen LogP) is -1.13. The number of aliphatic hydroxyl groups is 2. The van der Waals surface area contributed by atoms with E-state index in [0.717, 1.165) is 0 Å². The van der Waals surface area contributed by atoms with Crippen molar-refractivity contribution in [3.05, 3.63) is 0 Å². The maximum atomic E-state index is 9.81. The summed E-state index contributed by atoms with van der Waals surface area (Å²) in [4.78, 5) is 1.82. The van der Waals surface area contributed by atoms with Crippen molar-refractivity contribution in [3.8, 4) is 0 Å². The van der Waals surface area contributed by atoms with Gasteiger partial charge in [-0.05, 0) is 39.7 Å². The molecule has 0 bridgehead atoms. The average molecular weight is 248 g/mol. The molecule has 0 heterocycles. The van der Waals surface area contributed by atoms with Crippen LogP contribution < -0.4 is 11.2 Å². The molecule has 6 nitrogen and oxygen atoms in total. The second kappa shape index (κ2) is 7.50. The van der Waals surface area contributed by atoms with Gasteiger partial charge < -0.3 is 20.8 Å². The van der Waals surface area contributed by atoms with Crippen LogP contribution in [0.2, 0.25) is 0 Å². The van der Waals surface area contributed by atoms with E-state index in [1.165, 1.54) is 6.21 Å². The molecule has 5 N–H and O–H groups in total. The molecule has 0 aliphatic heterocycles. The van der Waals surface area contributed by atoms with Crippen LogP contribution >= 0.6 is 12.2 Å². The van der Waals surface area contributed by atoms with Crippen molar-refractivity contribution in [2.45, 2.75) is 31.6 Å². The average Bonchev–Trinajstić information content (AvgIpc) is 2.12. The first-order chi connectivity index (χ1) is 7.34. The molecule has 16 heavy (non-hydrogen) atoms. The van der Waals surface area contributed by atoms with E-state index in [4.69, 9.17) is 5.73 Å². The molecule has 0 amide bonds. The van der Waals surface area contributed by atoms with Gasteiger partial charge in [0.1, 0.15) is 6.10 Å². The molecule has 3 atom stereocenters. The Morgan fingerprint density at radius 2 is 2.12 bits per heavy atom. The molecule has 0 aromatic carbocycles. The number of likely N-dealkylation sites (N-methyl/N-ethyl adjacent to an activating group) is 1. The quantitative estimate of drug-likeness (QED) is 0.270. The SMILES string of the molecule is C[C@H](O)C[C@@H]([C@H](O)/C=N/NC(N)=S)N(C)C. The minimum atomic E-state index is -0.800. The fourth-order valence-electron chi connectivity index (χ4n) is 1.28. The smallest absolute Gasteiger partial charge is 0.184 e. The highest BCUT2D eigenvalue weighted by molar-refractivity contribution is 7.80. The fourth-order valence-corrected chi connectivity index (χ4v) is 1.33. The molecule has 0 saturated carbocycles. The Kier molecular flexibility index (Phi) is 7.15. The van der Waals surface area contributed by atoms with E-state index in [1.54, 1.807) is 6.92 Å². The summed E-state index contributed by atoms with van der Waals surface area (Å²) >= 11 is 4.56. The third-order valence-corrected chi connectivity index (χ3v) is 2.13. The molecule has 94 valence electrons. The number of rotatable bonds is 6. The minimum absolute atomic E-state index is 0.0420. The van der Waals surface area contributed by atoms with E-state index in [0.29, 0.717) is 6.42 Å². The van der Waals surface area contributed by atoms with Crippen LogP contribution in [0.3, 0.4) is 0 Å². The highest BCUT2D eigenvalue weighted by Gasteiger charge is 2.21. The van der Waals surface area contributed by atoms with Gasteiger partial charge in [0.05, 0.1) is 12.3 Å². The van der Waals surface area contributed by atoms with Crippen LogP contribution in [-0.2, 0) is 0 Å². The number of nitrogens with two attached hydrogens (primary N) is 1. The first-order valence-electron chi connectivity index (χ1n) is 4.95. The molecule has 7 heteroatoms. The summed E-state index contributed by atoms with van der Waals surface area (Å²) in [6.45, 7) is 1.67. The van der Waals surface area contributed by atoms with Crippen LogP contribution in [0, 0.1) is 0 Å².